The fraction of sp³-hybridized carbons (Fsp3) is 0.870. The Hall–Kier alpha value is -1.50. The highest BCUT2D eigenvalue weighted by Gasteiger charge is 2.71. The Kier molecular flexibility index (Phi) is 5.63. The minimum atomic E-state index is -4.19. The van der Waals surface area contributed by atoms with Crippen molar-refractivity contribution >= 4 is 30.0 Å². The molecule has 6 atom stereocenters. The number of carbonyl (C=O) groups is 3. The van der Waals surface area contributed by atoms with Gasteiger partial charge < -0.3 is 14.2 Å². The molecule has 0 aromatic rings. The summed E-state index contributed by atoms with van der Waals surface area (Å²) < 4.78 is 48.6. The van der Waals surface area contributed by atoms with E-state index in [-0.39, 0.29) is 0 Å². The number of alkyl halides is 2. The molecule has 0 spiro atoms. The Morgan fingerprint density at radius 1 is 1.11 bits per heavy atom. The number of fused-ring (bicyclic) bond motifs is 1. The van der Waals surface area contributed by atoms with Crippen molar-refractivity contribution in [3.05, 3.63) is 0 Å². The zero-order valence-electron chi connectivity index (χ0n) is 19.1. The van der Waals surface area contributed by atoms with Crippen LogP contribution in [0.15, 0.2) is 0 Å². The standard InChI is InChI=1S/C23H28F2O9S/c1-2-22(11-4-9-3-10(6-11)7-12(22)5-9)32-20(27)16-14-8-13-15(16)19(26)30-17(13)18(14)31-21(28)23(24,25)35-34-33-29/h9-18,29H,2-8H2,1H3. The minimum Gasteiger partial charge on any atom is -0.458 e. The summed E-state index contributed by atoms with van der Waals surface area (Å²) >= 11 is -0.724. The maximum atomic E-state index is 14.0. The lowest BCUT2D eigenvalue weighted by Gasteiger charge is -2.60. The van der Waals surface area contributed by atoms with Gasteiger partial charge in [-0.2, -0.15) is 8.78 Å². The summed E-state index contributed by atoms with van der Waals surface area (Å²) in [5.74, 6) is -3.70. The van der Waals surface area contributed by atoms with Gasteiger partial charge in [0.05, 0.1) is 11.8 Å². The summed E-state index contributed by atoms with van der Waals surface area (Å²) in [4.78, 5) is 38.5. The molecule has 6 bridgehead atoms. The van der Waals surface area contributed by atoms with Gasteiger partial charge in [0.2, 0.25) is 0 Å². The summed E-state index contributed by atoms with van der Waals surface area (Å²) in [5, 5.41) is 7.06. The van der Waals surface area contributed by atoms with Crippen LogP contribution >= 0.6 is 12.0 Å². The molecule has 0 radical (unpaired) electrons. The molecular weight excluding hydrogens is 490 g/mol. The third-order valence-electron chi connectivity index (χ3n) is 9.83. The lowest BCUT2D eigenvalue weighted by molar-refractivity contribution is -0.433. The first kappa shape index (κ1) is 23.9. The minimum absolute atomic E-state index is 0.299. The molecule has 194 valence electrons. The summed E-state index contributed by atoms with van der Waals surface area (Å²) in [7, 11) is 0. The van der Waals surface area contributed by atoms with Crippen LogP contribution in [0.3, 0.4) is 0 Å². The number of hydrogen-bond donors (Lipinski definition) is 1. The van der Waals surface area contributed by atoms with E-state index >= 15 is 0 Å². The van der Waals surface area contributed by atoms with Gasteiger partial charge in [-0.3, -0.25) is 9.59 Å². The average Bonchev–Trinajstić information content (AvgIpc) is 3.43. The molecule has 9 nitrogen and oxygen atoms in total. The fourth-order valence-corrected chi connectivity index (χ4v) is 9.04. The summed E-state index contributed by atoms with van der Waals surface area (Å²) in [5.41, 5.74) is -0.564. The van der Waals surface area contributed by atoms with Crippen molar-refractivity contribution in [3.8, 4) is 0 Å². The lowest BCUT2D eigenvalue weighted by atomic mass is 9.49. The average molecular weight is 519 g/mol. The Morgan fingerprint density at radius 3 is 2.37 bits per heavy atom. The highest BCUT2D eigenvalue weighted by molar-refractivity contribution is 7.96. The van der Waals surface area contributed by atoms with Gasteiger partial charge in [-0.15, -0.1) is 4.33 Å². The Morgan fingerprint density at radius 2 is 1.77 bits per heavy atom. The van der Waals surface area contributed by atoms with Crippen LogP contribution in [0.5, 0.6) is 0 Å². The molecule has 7 aliphatic rings. The zero-order valence-corrected chi connectivity index (χ0v) is 19.9. The topological polar surface area (TPSA) is 118 Å². The zero-order chi connectivity index (χ0) is 24.7. The van der Waals surface area contributed by atoms with Crippen LogP contribution in [0.2, 0.25) is 0 Å². The highest BCUT2D eigenvalue weighted by Crippen LogP contribution is 2.63. The molecule has 6 aliphatic carbocycles. The quantitative estimate of drug-likeness (QED) is 0.168. The first-order chi connectivity index (χ1) is 16.7. The number of esters is 3. The van der Waals surface area contributed by atoms with Gasteiger partial charge in [-0.05, 0) is 68.6 Å². The van der Waals surface area contributed by atoms with Crippen molar-refractivity contribution in [1.29, 1.82) is 0 Å². The molecule has 7 rings (SSSR count). The van der Waals surface area contributed by atoms with Crippen molar-refractivity contribution in [3.63, 3.8) is 0 Å². The molecule has 1 heterocycles. The normalized spacial score (nSPS) is 46.7. The number of ether oxygens (including phenoxy) is 3. The van der Waals surface area contributed by atoms with Crippen molar-refractivity contribution in [2.75, 3.05) is 0 Å². The van der Waals surface area contributed by atoms with E-state index in [1.165, 1.54) is 6.42 Å². The van der Waals surface area contributed by atoms with Crippen LogP contribution in [0.4, 0.5) is 8.78 Å². The fourth-order valence-electron chi connectivity index (χ4n) is 8.81. The van der Waals surface area contributed by atoms with Crippen LogP contribution < -0.4 is 0 Å². The second-order valence-corrected chi connectivity index (χ2v) is 12.0. The third-order valence-corrected chi connectivity index (χ3v) is 10.3. The van der Waals surface area contributed by atoms with E-state index < -0.39 is 76.7 Å². The molecule has 12 heteroatoms. The van der Waals surface area contributed by atoms with Crippen molar-refractivity contribution in [1.82, 2.24) is 0 Å². The Balaban J connectivity index is 1.22. The second kappa shape index (κ2) is 8.26. The molecule has 7 fully saturated rings. The van der Waals surface area contributed by atoms with E-state index in [9.17, 15) is 23.2 Å². The van der Waals surface area contributed by atoms with E-state index in [1.807, 2.05) is 6.92 Å². The smallest absolute Gasteiger partial charge is 0.415 e. The first-order valence-electron chi connectivity index (χ1n) is 12.4. The number of halogens is 2. The summed E-state index contributed by atoms with van der Waals surface area (Å²) in [6, 6.07) is 0. The number of hydrogen-bond acceptors (Lipinski definition) is 10. The van der Waals surface area contributed by atoms with E-state index in [0.29, 0.717) is 36.5 Å². The van der Waals surface area contributed by atoms with Gasteiger partial charge in [-0.1, -0.05) is 12.0 Å². The number of rotatable bonds is 8. The van der Waals surface area contributed by atoms with E-state index in [0.717, 1.165) is 25.7 Å². The molecule has 1 N–H and O–H groups in total. The highest BCUT2D eigenvalue weighted by atomic mass is 32.2. The molecule has 1 saturated heterocycles. The Labute approximate surface area is 204 Å². The molecule has 0 aromatic heterocycles. The maximum absolute atomic E-state index is 14.0. The van der Waals surface area contributed by atoms with Crippen LogP contribution in [-0.4, -0.2) is 46.2 Å². The van der Waals surface area contributed by atoms with Gasteiger partial charge in [0.25, 0.3) is 0 Å². The van der Waals surface area contributed by atoms with Gasteiger partial charge in [0.15, 0.2) is 0 Å². The third kappa shape index (κ3) is 3.46. The van der Waals surface area contributed by atoms with Crippen LogP contribution in [0.25, 0.3) is 0 Å². The summed E-state index contributed by atoms with van der Waals surface area (Å²) in [6.45, 7) is 2.04. The van der Waals surface area contributed by atoms with Crippen LogP contribution in [0.1, 0.15) is 51.9 Å². The largest absolute Gasteiger partial charge is 0.458 e. The van der Waals surface area contributed by atoms with Crippen molar-refractivity contribution < 1.29 is 52.0 Å². The van der Waals surface area contributed by atoms with Gasteiger partial charge in [0, 0.05) is 11.8 Å². The molecule has 35 heavy (non-hydrogen) atoms. The van der Waals surface area contributed by atoms with Gasteiger partial charge >= 0.3 is 23.2 Å². The maximum Gasteiger partial charge on any atom is 0.415 e. The molecule has 0 aromatic carbocycles. The van der Waals surface area contributed by atoms with E-state index in [4.69, 9.17) is 19.5 Å². The second-order valence-electron chi connectivity index (χ2n) is 11.2. The first-order valence-corrected chi connectivity index (χ1v) is 13.1. The van der Waals surface area contributed by atoms with Gasteiger partial charge in [0.1, 0.15) is 29.9 Å². The molecule has 6 saturated carbocycles. The molecule has 0 amide bonds. The van der Waals surface area contributed by atoms with Crippen molar-refractivity contribution in [2.45, 2.75) is 74.9 Å². The number of carbonyl (C=O) groups excluding carboxylic acids is 3. The van der Waals surface area contributed by atoms with E-state index in [1.54, 1.807) is 0 Å². The predicted molar refractivity (Wildman–Crippen MR) is 112 cm³/mol. The summed E-state index contributed by atoms with van der Waals surface area (Å²) in [6.07, 6.45) is 4.43. The molecule has 6 unspecified atom stereocenters. The van der Waals surface area contributed by atoms with E-state index in [2.05, 4.69) is 9.37 Å². The molecular formula is C23H28F2O9S. The SMILES string of the molecule is CCC1(OC(=O)C2C3CC4C(OC(=O)C42)C3OC(=O)C(F)(F)SOOO)C2CC3CC(C2)CC1C3. The Bertz CT molecular complexity index is 901. The predicted octanol–water partition coefficient (Wildman–Crippen LogP) is 3.52. The van der Waals surface area contributed by atoms with Gasteiger partial charge in [-0.25, -0.2) is 10.1 Å². The lowest BCUT2D eigenvalue weighted by Crippen LogP contribution is -2.60. The van der Waals surface area contributed by atoms with Crippen LogP contribution in [0, 0.1) is 47.3 Å². The van der Waals surface area contributed by atoms with Crippen LogP contribution in [-0.2, 0) is 38.0 Å². The van der Waals surface area contributed by atoms with Crippen molar-refractivity contribution in [2.24, 2.45) is 47.3 Å². The monoisotopic (exact) mass is 518 g/mol. The molecule has 1 aliphatic heterocycles.